The molecular formula is C14H35N3V. The molecule has 0 rings (SSSR count). The number of hydrogen-bond donors (Lipinski definition) is 0. The van der Waals surface area contributed by atoms with Crippen molar-refractivity contribution in [2.45, 2.75) is 48.5 Å². The Labute approximate surface area is 129 Å². The van der Waals surface area contributed by atoms with E-state index in [0.29, 0.717) is 0 Å². The van der Waals surface area contributed by atoms with Gasteiger partial charge in [-0.15, -0.1) is 0 Å². The van der Waals surface area contributed by atoms with E-state index in [2.05, 4.69) is 22.9 Å². The summed E-state index contributed by atoms with van der Waals surface area (Å²) in [6, 6.07) is 0. The Balaban J connectivity index is -0.0000000427. The Bertz CT molecular complexity index is 53.8. The summed E-state index contributed by atoms with van der Waals surface area (Å²) in [5.41, 5.74) is 0. The first-order valence-electron chi connectivity index (χ1n) is 6.85. The Hall–Kier alpha value is 0.464. The summed E-state index contributed by atoms with van der Waals surface area (Å²) in [7, 11) is 0. The number of rotatable bonds is 6. The van der Waals surface area contributed by atoms with Gasteiger partial charge in [0.2, 0.25) is 0 Å². The monoisotopic (exact) mass is 296 g/mol. The first-order chi connectivity index (χ1) is 8.24. The van der Waals surface area contributed by atoms with Gasteiger partial charge in [0.15, 0.2) is 0 Å². The molecule has 0 spiro atoms. The minimum absolute atomic E-state index is 0. The molecule has 1 radical (unpaired) electrons. The van der Waals surface area contributed by atoms with Crippen LogP contribution in [0.5, 0.6) is 0 Å². The molecule has 3 nitrogen and oxygen atoms in total. The number of hydrogen-bond acceptors (Lipinski definition) is 0. The van der Waals surface area contributed by atoms with Gasteiger partial charge in [-0.2, -0.15) is 46.2 Å². The third kappa shape index (κ3) is 94.2. The Morgan fingerprint density at radius 3 is 0.611 bits per heavy atom. The largest absolute Gasteiger partial charge is 4.00 e. The van der Waals surface area contributed by atoms with Gasteiger partial charge in [0.1, 0.15) is 0 Å². The second-order valence-electron chi connectivity index (χ2n) is 2.57. The molecule has 0 unspecified atom stereocenters. The van der Waals surface area contributed by atoms with Crippen LogP contribution in [0.25, 0.3) is 16.0 Å². The van der Waals surface area contributed by atoms with Crippen molar-refractivity contribution in [3.8, 4) is 0 Å². The zero-order valence-corrected chi connectivity index (χ0v) is 15.1. The van der Waals surface area contributed by atoms with Gasteiger partial charge in [0.05, 0.1) is 0 Å². The van der Waals surface area contributed by atoms with Crippen LogP contribution in [0.2, 0.25) is 0 Å². The fraction of sp³-hybridized carbons (Fsp3) is 0.929. The van der Waals surface area contributed by atoms with E-state index in [1.165, 1.54) is 0 Å². The summed E-state index contributed by atoms with van der Waals surface area (Å²) in [5, 5.41) is 11.9. The van der Waals surface area contributed by atoms with E-state index in [1.54, 1.807) is 6.92 Å². The molecule has 0 bridgehead atoms. The summed E-state index contributed by atoms with van der Waals surface area (Å²) < 4.78 is 0. The summed E-state index contributed by atoms with van der Waals surface area (Å²) >= 11 is 0. The molecule has 0 heterocycles. The minimum atomic E-state index is 0. The van der Waals surface area contributed by atoms with E-state index in [0.717, 1.165) is 39.3 Å². The van der Waals surface area contributed by atoms with E-state index in [9.17, 15) is 0 Å². The molecule has 0 aromatic rings. The van der Waals surface area contributed by atoms with Crippen molar-refractivity contribution in [2.75, 3.05) is 39.3 Å². The van der Waals surface area contributed by atoms with Gasteiger partial charge >= 0.3 is 18.6 Å². The van der Waals surface area contributed by atoms with Gasteiger partial charge in [0.25, 0.3) is 0 Å². The van der Waals surface area contributed by atoms with Crippen LogP contribution in [0.3, 0.4) is 0 Å². The van der Waals surface area contributed by atoms with Crippen molar-refractivity contribution in [3.05, 3.63) is 22.9 Å². The molecular weight excluding hydrogens is 261 g/mol. The van der Waals surface area contributed by atoms with Crippen molar-refractivity contribution in [1.29, 1.82) is 0 Å². The van der Waals surface area contributed by atoms with Crippen molar-refractivity contribution in [3.63, 3.8) is 0 Å². The minimum Gasteiger partial charge on any atom is -0.663 e. The van der Waals surface area contributed by atoms with Crippen LogP contribution >= 0.6 is 0 Å². The van der Waals surface area contributed by atoms with Crippen LogP contribution < -0.4 is 0 Å². The average molecular weight is 296 g/mol. The summed E-state index contributed by atoms with van der Waals surface area (Å²) in [5.74, 6) is 0. The molecule has 0 saturated heterocycles. The third-order valence-corrected chi connectivity index (χ3v) is 1.34. The van der Waals surface area contributed by atoms with Gasteiger partial charge in [-0.1, -0.05) is 41.5 Å². The van der Waals surface area contributed by atoms with Gasteiger partial charge in [-0.3, -0.25) is 0 Å². The molecule has 111 valence electrons. The van der Waals surface area contributed by atoms with Crippen molar-refractivity contribution in [2.24, 2.45) is 0 Å². The summed E-state index contributed by atoms with van der Waals surface area (Å²) in [4.78, 5) is 0. The number of nitrogens with zero attached hydrogens (tertiary/aromatic N) is 3. The molecule has 18 heavy (non-hydrogen) atoms. The molecule has 0 saturated carbocycles. The molecule has 0 aliphatic rings. The maximum atomic E-state index is 3.97. The first kappa shape index (κ1) is 31.1. The standard InChI is InChI=1S/3C4H10N.C2H5.V/c3*1-3-5-4-2;1-2;/h3*3-4H2,1-2H3;1H2,2H3;/q4*-1;+4. The van der Waals surface area contributed by atoms with Gasteiger partial charge in [-0.25, -0.2) is 0 Å². The predicted octanol–water partition coefficient (Wildman–Crippen LogP) is 5.04. The molecule has 0 fully saturated rings. The fourth-order valence-electron chi connectivity index (χ4n) is 0.671. The molecule has 0 aromatic heterocycles. The predicted molar refractivity (Wildman–Crippen MR) is 84.4 cm³/mol. The normalized spacial score (nSPS) is 7.33. The smallest absolute Gasteiger partial charge is 0.663 e. The van der Waals surface area contributed by atoms with Crippen LogP contribution in [0.1, 0.15) is 48.5 Å². The first-order valence-corrected chi connectivity index (χ1v) is 6.85. The molecule has 0 N–H and O–H groups in total. The Morgan fingerprint density at radius 1 is 0.500 bits per heavy atom. The Kier molecular flexibility index (Phi) is 91.2. The van der Waals surface area contributed by atoms with Crippen LogP contribution in [-0.2, 0) is 18.6 Å². The van der Waals surface area contributed by atoms with Crippen molar-refractivity contribution >= 4 is 0 Å². The van der Waals surface area contributed by atoms with E-state index in [4.69, 9.17) is 0 Å². The molecule has 0 aliphatic carbocycles. The van der Waals surface area contributed by atoms with Gasteiger partial charge in [-0.05, 0) is 0 Å². The van der Waals surface area contributed by atoms with Crippen LogP contribution in [0.15, 0.2) is 0 Å². The maximum absolute atomic E-state index is 3.97. The zero-order valence-electron chi connectivity index (χ0n) is 13.7. The fourth-order valence-corrected chi connectivity index (χ4v) is 0.671. The SMILES string of the molecule is CC[N-]CC.CC[N-]CC.CC[N-]CC.[CH2-]C.[V+4]. The molecule has 0 aliphatic heterocycles. The van der Waals surface area contributed by atoms with Crippen molar-refractivity contribution < 1.29 is 18.6 Å². The topological polar surface area (TPSA) is 42.3 Å². The van der Waals surface area contributed by atoms with E-state index >= 15 is 0 Å². The average Bonchev–Trinajstić information content (AvgIpc) is 2.36. The molecule has 0 aromatic carbocycles. The zero-order chi connectivity index (χ0) is 14.4. The maximum Gasteiger partial charge on any atom is 4.00 e. The van der Waals surface area contributed by atoms with Crippen molar-refractivity contribution in [1.82, 2.24) is 0 Å². The third-order valence-electron chi connectivity index (χ3n) is 1.34. The van der Waals surface area contributed by atoms with Crippen LogP contribution in [0.4, 0.5) is 0 Å². The molecule has 0 atom stereocenters. The van der Waals surface area contributed by atoms with Crippen LogP contribution in [-0.4, -0.2) is 39.3 Å². The van der Waals surface area contributed by atoms with E-state index in [-0.39, 0.29) is 18.6 Å². The summed E-state index contributed by atoms with van der Waals surface area (Å²) in [6.07, 6.45) is 0. The van der Waals surface area contributed by atoms with Crippen LogP contribution in [0, 0.1) is 6.92 Å². The van der Waals surface area contributed by atoms with Gasteiger partial charge in [0, 0.05) is 0 Å². The summed E-state index contributed by atoms with van der Waals surface area (Å²) in [6.45, 7) is 23.1. The molecule has 4 heteroatoms. The molecule has 0 amide bonds. The second-order valence-corrected chi connectivity index (χ2v) is 2.57. The second kappa shape index (κ2) is 52.9. The van der Waals surface area contributed by atoms with E-state index < -0.39 is 0 Å². The quantitative estimate of drug-likeness (QED) is 0.616. The Morgan fingerprint density at radius 2 is 0.611 bits per heavy atom. The van der Waals surface area contributed by atoms with Gasteiger partial charge < -0.3 is 22.9 Å². The van der Waals surface area contributed by atoms with E-state index in [1.807, 2.05) is 41.5 Å².